The molecule has 1 aliphatic rings. The fourth-order valence-electron chi connectivity index (χ4n) is 2.63. The Morgan fingerprint density at radius 3 is 2.74 bits per heavy atom. The molecule has 2 rings (SSSR count). The molecule has 0 spiro atoms. The molecule has 1 heterocycles. The minimum absolute atomic E-state index is 0.0324. The minimum Gasteiger partial charge on any atom is -0.395 e. The van der Waals surface area contributed by atoms with E-state index in [0.717, 1.165) is 17.7 Å². The molecule has 0 saturated carbocycles. The second-order valence-corrected chi connectivity index (χ2v) is 6.22. The molecule has 4 heteroatoms. The van der Waals surface area contributed by atoms with Gasteiger partial charge < -0.3 is 10.0 Å². The molecule has 1 aromatic rings. The molecule has 1 amide bonds. The zero-order chi connectivity index (χ0) is 13.7. The van der Waals surface area contributed by atoms with Gasteiger partial charge in [-0.25, -0.2) is 0 Å². The highest BCUT2D eigenvalue weighted by molar-refractivity contribution is 7.14. The first-order chi connectivity index (χ1) is 9.26. The Morgan fingerprint density at radius 2 is 2.05 bits per heavy atom. The average Bonchev–Trinajstić information content (AvgIpc) is 2.77. The Balaban J connectivity index is 2.16. The highest BCUT2D eigenvalue weighted by atomic mass is 32.1. The van der Waals surface area contributed by atoms with Crippen LogP contribution in [0.5, 0.6) is 0 Å². The lowest BCUT2D eigenvalue weighted by molar-refractivity contribution is 0.0737. The molecular formula is C15H23NO2S. The fraction of sp³-hybridized carbons (Fsp3) is 0.667. The SMILES string of the molecule is CCN(CCO)C(=O)c1cc2c(s1)CCCCCC2. The molecule has 0 unspecified atom stereocenters. The van der Waals surface area contributed by atoms with Gasteiger partial charge in [-0.05, 0) is 44.2 Å². The van der Waals surface area contributed by atoms with E-state index in [2.05, 4.69) is 6.07 Å². The summed E-state index contributed by atoms with van der Waals surface area (Å²) < 4.78 is 0. The van der Waals surface area contributed by atoms with Crippen LogP contribution in [0.1, 0.15) is 52.7 Å². The summed E-state index contributed by atoms with van der Waals surface area (Å²) in [5.41, 5.74) is 1.38. The van der Waals surface area contributed by atoms with Crippen LogP contribution in [0.2, 0.25) is 0 Å². The highest BCUT2D eigenvalue weighted by Gasteiger charge is 2.19. The Morgan fingerprint density at radius 1 is 1.32 bits per heavy atom. The van der Waals surface area contributed by atoms with Crippen LogP contribution in [0.15, 0.2) is 6.07 Å². The van der Waals surface area contributed by atoms with E-state index in [4.69, 9.17) is 5.11 Å². The molecular weight excluding hydrogens is 258 g/mol. The third kappa shape index (κ3) is 3.57. The number of nitrogens with zero attached hydrogens (tertiary/aromatic N) is 1. The molecule has 0 radical (unpaired) electrons. The maximum Gasteiger partial charge on any atom is 0.264 e. The van der Waals surface area contributed by atoms with Crippen molar-refractivity contribution >= 4 is 17.2 Å². The van der Waals surface area contributed by atoms with E-state index in [1.54, 1.807) is 16.2 Å². The van der Waals surface area contributed by atoms with Crippen LogP contribution in [-0.2, 0) is 12.8 Å². The summed E-state index contributed by atoms with van der Waals surface area (Å²) in [5.74, 6) is 0.0771. The molecule has 0 saturated heterocycles. The Bertz CT molecular complexity index is 402. The number of hydrogen-bond donors (Lipinski definition) is 1. The van der Waals surface area contributed by atoms with Gasteiger partial charge in [0.25, 0.3) is 5.91 Å². The second-order valence-electron chi connectivity index (χ2n) is 5.08. The van der Waals surface area contributed by atoms with Crippen molar-refractivity contribution in [2.75, 3.05) is 19.7 Å². The molecule has 19 heavy (non-hydrogen) atoms. The first kappa shape index (κ1) is 14.5. The molecule has 0 fully saturated rings. The number of carbonyl (C=O) groups is 1. The van der Waals surface area contributed by atoms with E-state index < -0.39 is 0 Å². The minimum atomic E-state index is 0.0324. The number of aliphatic hydroxyl groups is 1. The van der Waals surface area contributed by atoms with Gasteiger partial charge in [0.2, 0.25) is 0 Å². The Kier molecular flexibility index (Phi) is 5.40. The largest absolute Gasteiger partial charge is 0.395 e. The topological polar surface area (TPSA) is 40.5 Å². The first-order valence-corrected chi connectivity index (χ1v) is 8.09. The van der Waals surface area contributed by atoms with Gasteiger partial charge in [-0.3, -0.25) is 4.79 Å². The van der Waals surface area contributed by atoms with Crippen molar-refractivity contribution < 1.29 is 9.90 Å². The van der Waals surface area contributed by atoms with Gasteiger partial charge >= 0.3 is 0 Å². The number of fused-ring (bicyclic) bond motifs is 1. The van der Waals surface area contributed by atoms with E-state index >= 15 is 0 Å². The van der Waals surface area contributed by atoms with Gasteiger partial charge in [-0.2, -0.15) is 0 Å². The summed E-state index contributed by atoms with van der Waals surface area (Å²) in [6.45, 7) is 3.07. The molecule has 0 bridgehead atoms. The van der Waals surface area contributed by atoms with Gasteiger partial charge in [-0.1, -0.05) is 12.8 Å². The van der Waals surface area contributed by atoms with Gasteiger partial charge in [0, 0.05) is 18.0 Å². The van der Waals surface area contributed by atoms with Crippen LogP contribution in [0, 0.1) is 0 Å². The number of carbonyl (C=O) groups excluding carboxylic acids is 1. The molecule has 1 aliphatic carbocycles. The van der Waals surface area contributed by atoms with E-state index in [0.29, 0.717) is 13.1 Å². The smallest absolute Gasteiger partial charge is 0.264 e. The van der Waals surface area contributed by atoms with Crippen molar-refractivity contribution in [2.45, 2.75) is 45.4 Å². The van der Waals surface area contributed by atoms with E-state index in [-0.39, 0.29) is 12.5 Å². The predicted molar refractivity (Wildman–Crippen MR) is 78.9 cm³/mol. The number of likely N-dealkylation sites (N-methyl/N-ethyl adjacent to an activating group) is 1. The second kappa shape index (κ2) is 7.06. The highest BCUT2D eigenvalue weighted by Crippen LogP contribution is 2.29. The maximum atomic E-state index is 12.4. The van der Waals surface area contributed by atoms with Crippen LogP contribution in [-0.4, -0.2) is 35.6 Å². The van der Waals surface area contributed by atoms with Crippen molar-refractivity contribution in [3.63, 3.8) is 0 Å². The summed E-state index contributed by atoms with van der Waals surface area (Å²) in [4.78, 5) is 16.4. The van der Waals surface area contributed by atoms with Gasteiger partial charge in [0.05, 0.1) is 11.5 Å². The van der Waals surface area contributed by atoms with Crippen molar-refractivity contribution in [3.05, 3.63) is 21.4 Å². The Hall–Kier alpha value is -0.870. The standard InChI is InChI=1S/C15H23NO2S/c1-2-16(9-10-17)15(18)14-11-12-7-5-3-4-6-8-13(12)19-14/h11,17H,2-10H2,1H3. The quantitative estimate of drug-likeness (QED) is 0.922. The van der Waals surface area contributed by atoms with Crippen LogP contribution in [0.25, 0.3) is 0 Å². The van der Waals surface area contributed by atoms with Crippen molar-refractivity contribution in [3.8, 4) is 0 Å². The Labute approximate surface area is 119 Å². The number of rotatable bonds is 4. The molecule has 0 atom stereocenters. The lowest BCUT2D eigenvalue weighted by Crippen LogP contribution is -2.32. The monoisotopic (exact) mass is 281 g/mol. The van der Waals surface area contributed by atoms with Crippen LogP contribution in [0.3, 0.4) is 0 Å². The summed E-state index contributed by atoms with van der Waals surface area (Å²) in [6.07, 6.45) is 7.35. The summed E-state index contributed by atoms with van der Waals surface area (Å²) in [5, 5.41) is 9.01. The third-order valence-corrected chi connectivity index (χ3v) is 4.97. The number of hydrogen-bond acceptors (Lipinski definition) is 3. The van der Waals surface area contributed by atoms with Crippen LogP contribution < -0.4 is 0 Å². The van der Waals surface area contributed by atoms with Crippen molar-refractivity contribution in [2.24, 2.45) is 0 Å². The molecule has 1 aromatic heterocycles. The third-order valence-electron chi connectivity index (χ3n) is 3.75. The molecule has 1 N–H and O–H groups in total. The van der Waals surface area contributed by atoms with E-state index in [1.165, 1.54) is 36.1 Å². The zero-order valence-corrected chi connectivity index (χ0v) is 12.5. The number of thiophene rings is 1. The number of aryl methyl sites for hydroxylation is 2. The predicted octanol–water partition coefficient (Wildman–Crippen LogP) is 2.86. The first-order valence-electron chi connectivity index (χ1n) is 7.28. The summed E-state index contributed by atoms with van der Waals surface area (Å²) >= 11 is 1.66. The lowest BCUT2D eigenvalue weighted by atomic mass is 10.00. The van der Waals surface area contributed by atoms with Crippen LogP contribution in [0.4, 0.5) is 0 Å². The fourth-order valence-corrected chi connectivity index (χ4v) is 3.85. The lowest BCUT2D eigenvalue weighted by Gasteiger charge is -2.18. The molecule has 0 aliphatic heterocycles. The number of aliphatic hydroxyl groups excluding tert-OH is 1. The average molecular weight is 281 g/mol. The van der Waals surface area contributed by atoms with Gasteiger partial charge in [0.15, 0.2) is 0 Å². The maximum absolute atomic E-state index is 12.4. The van der Waals surface area contributed by atoms with Crippen molar-refractivity contribution in [1.82, 2.24) is 4.90 Å². The van der Waals surface area contributed by atoms with Crippen molar-refractivity contribution in [1.29, 1.82) is 0 Å². The normalized spacial score (nSPS) is 15.5. The summed E-state index contributed by atoms with van der Waals surface area (Å²) in [7, 11) is 0. The van der Waals surface area contributed by atoms with E-state index in [1.807, 2.05) is 6.92 Å². The molecule has 3 nitrogen and oxygen atoms in total. The number of amides is 1. The van der Waals surface area contributed by atoms with E-state index in [9.17, 15) is 4.79 Å². The zero-order valence-electron chi connectivity index (χ0n) is 11.7. The van der Waals surface area contributed by atoms with Gasteiger partial charge in [0.1, 0.15) is 0 Å². The van der Waals surface area contributed by atoms with Crippen LogP contribution >= 0.6 is 11.3 Å². The molecule has 106 valence electrons. The van der Waals surface area contributed by atoms with Gasteiger partial charge in [-0.15, -0.1) is 11.3 Å². The summed E-state index contributed by atoms with van der Waals surface area (Å²) in [6, 6.07) is 2.09. The molecule has 0 aromatic carbocycles.